The van der Waals surface area contributed by atoms with Gasteiger partial charge in [-0.3, -0.25) is 4.79 Å². The van der Waals surface area contributed by atoms with Crippen molar-refractivity contribution < 1.29 is 44.7 Å². The third-order valence-corrected chi connectivity index (χ3v) is 11.7. The van der Waals surface area contributed by atoms with Gasteiger partial charge < -0.3 is 35.1 Å². The number of rotatable bonds is 3. The molecule has 6 rings (SSSR count). The zero-order valence-electron chi connectivity index (χ0n) is 27.5. The van der Waals surface area contributed by atoms with Gasteiger partial charge in [-0.15, -0.1) is 5.06 Å². The van der Waals surface area contributed by atoms with E-state index in [4.69, 9.17) is 9.57 Å². The predicted molar refractivity (Wildman–Crippen MR) is 166 cm³/mol. The SMILES string of the molecule is CC=C(C)C(O)C(O)C1C(O)C(O)C(C)CCCCC2OC2(C)C2C=CC3CC(C)CC(C)C3C2C(O)=C2C(=O)CN1OC2=O. The molecule has 10 nitrogen and oxygen atoms in total. The molecular formula is C35H53NO9. The molecule has 2 bridgehead atoms. The van der Waals surface area contributed by atoms with Crippen molar-refractivity contribution in [3.05, 3.63) is 35.1 Å². The van der Waals surface area contributed by atoms with Gasteiger partial charge >= 0.3 is 5.97 Å². The van der Waals surface area contributed by atoms with Crippen molar-refractivity contribution in [2.24, 2.45) is 41.4 Å². The van der Waals surface area contributed by atoms with Gasteiger partial charge in [-0.1, -0.05) is 51.8 Å². The average Bonchev–Trinajstić information content (AvgIpc) is 3.66. The van der Waals surface area contributed by atoms with E-state index >= 15 is 0 Å². The molecule has 3 fully saturated rings. The second-order valence-electron chi connectivity index (χ2n) is 14.9. The number of carbonyl (C=O) groups is 2. The molecule has 15 atom stereocenters. The molecule has 2 saturated heterocycles. The van der Waals surface area contributed by atoms with Crippen LogP contribution in [0.1, 0.15) is 80.1 Å². The van der Waals surface area contributed by atoms with Gasteiger partial charge in [0.15, 0.2) is 5.78 Å². The van der Waals surface area contributed by atoms with E-state index < -0.39 is 71.8 Å². The Kier molecular flexibility index (Phi) is 10.1. The van der Waals surface area contributed by atoms with Crippen LogP contribution in [0.3, 0.4) is 0 Å². The molecule has 0 spiro atoms. The van der Waals surface area contributed by atoms with Gasteiger partial charge in [-0.05, 0) is 81.6 Å². The van der Waals surface area contributed by atoms with Crippen LogP contribution >= 0.6 is 0 Å². The van der Waals surface area contributed by atoms with Crippen molar-refractivity contribution in [2.45, 2.75) is 122 Å². The van der Waals surface area contributed by atoms with E-state index in [-0.39, 0.29) is 35.5 Å². The normalized spacial score (nSPS) is 46.0. The fourth-order valence-corrected chi connectivity index (χ4v) is 8.97. The Morgan fingerprint density at radius 1 is 1.04 bits per heavy atom. The van der Waals surface area contributed by atoms with Crippen molar-refractivity contribution in [3.8, 4) is 0 Å². The first-order valence-electron chi connectivity index (χ1n) is 16.9. The minimum Gasteiger partial charge on any atom is -0.511 e. The molecule has 6 aliphatic rings. The summed E-state index contributed by atoms with van der Waals surface area (Å²) in [5, 5.41) is 57.7. The third-order valence-electron chi connectivity index (χ3n) is 11.7. The maximum atomic E-state index is 13.9. The van der Waals surface area contributed by atoms with E-state index in [0.29, 0.717) is 17.9 Å². The number of ketones is 1. The number of allylic oxidation sites excluding steroid dienone is 3. The van der Waals surface area contributed by atoms with Crippen molar-refractivity contribution >= 4 is 11.8 Å². The summed E-state index contributed by atoms with van der Waals surface area (Å²) in [6.45, 7) is 11.0. The molecule has 0 amide bonds. The zero-order chi connectivity index (χ0) is 33.0. The molecule has 4 aliphatic heterocycles. The average molecular weight is 632 g/mol. The lowest BCUT2D eigenvalue weighted by Crippen LogP contribution is -2.62. The van der Waals surface area contributed by atoms with Crippen LogP contribution in [0.5, 0.6) is 0 Å². The highest BCUT2D eigenvalue weighted by atomic mass is 16.7. The van der Waals surface area contributed by atoms with Gasteiger partial charge in [0.25, 0.3) is 0 Å². The molecule has 10 heteroatoms. The minimum absolute atomic E-state index is 0.00238. The van der Waals surface area contributed by atoms with Gasteiger partial charge in [0.2, 0.25) is 0 Å². The van der Waals surface area contributed by atoms with Gasteiger partial charge in [0, 0.05) is 11.8 Å². The first kappa shape index (κ1) is 34.3. The van der Waals surface area contributed by atoms with E-state index in [2.05, 4.69) is 32.9 Å². The van der Waals surface area contributed by atoms with E-state index in [9.17, 15) is 35.1 Å². The highest BCUT2D eigenvalue weighted by Crippen LogP contribution is 2.58. The van der Waals surface area contributed by atoms with E-state index in [1.54, 1.807) is 26.8 Å². The summed E-state index contributed by atoms with van der Waals surface area (Å²) in [4.78, 5) is 33.2. The molecule has 15 unspecified atom stereocenters. The van der Waals surface area contributed by atoms with Crippen molar-refractivity contribution in [3.63, 3.8) is 0 Å². The van der Waals surface area contributed by atoms with Crippen LogP contribution in [0.4, 0.5) is 0 Å². The Morgan fingerprint density at radius 2 is 1.73 bits per heavy atom. The monoisotopic (exact) mass is 631 g/mol. The number of hydrogen-bond donors (Lipinski definition) is 5. The number of aliphatic hydroxyl groups excluding tert-OH is 5. The maximum absolute atomic E-state index is 13.9. The van der Waals surface area contributed by atoms with Gasteiger partial charge in [-0.2, -0.15) is 0 Å². The summed E-state index contributed by atoms with van der Waals surface area (Å²) in [5.74, 6) is -2.34. The highest BCUT2D eigenvalue weighted by molar-refractivity contribution is 6.19. The molecule has 2 aliphatic carbocycles. The molecule has 4 heterocycles. The molecule has 45 heavy (non-hydrogen) atoms. The number of ether oxygens (including phenoxy) is 1. The van der Waals surface area contributed by atoms with Crippen molar-refractivity contribution in [1.82, 2.24) is 5.06 Å². The zero-order valence-corrected chi connectivity index (χ0v) is 27.5. The number of nitrogens with zero attached hydrogens (tertiary/aromatic N) is 1. The maximum Gasteiger partial charge on any atom is 0.364 e. The lowest BCUT2D eigenvalue weighted by Gasteiger charge is -2.48. The van der Waals surface area contributed by atoms with E-state index in [0.717, 1.165) is 37.2 Å². The first-order valence-corrected chi connectivity index (χ1v) is 16.9. The standard InChI is InChI=1S/C35H53NO9/c1-7-18(3)29(38)32(41)28-33(42)30(39)19(4)10-8-9-11-24-35(6,44-24)22-13-12-21-15-17(2)14-20(5)25(21)26(22)31(40)27-23(37)16-36(28)45-34(27)43/h7,12-13,17,19-22,24-26,28-30,32-33,38-42H,8-11,14-16H2,1-6H3. The van der Waals surface area contributed by atoms with Gasteiger partial charge in [0.05, 0.1) is 24.4 Å². The summed E-state index contributed by atoms with van der Waals surface area (Å²) < 4.78 is 6.35. The summed E-state index contributed by atoms with van der Waals surface area (Å²) in [5.41, 5.74) is -0.583. The number of hydroxylamine groups is 2. The topological polar surface area (TPSA) is 160 Å². The van der Waals surface area contributed by atoms with Crippen LogP contribution < -0.4 is 0 Å². The number of hydrogen-bond acceptors (Lipinski definition) is 10. The molecule has 0 aromatic rings. The minimum atomic E-state index is -1.71. The highest BCUT2D eigenvalue weighted by Gasteiger charge is 2.62. The number of carbonyl (C=O) groups excluding carboxylic acids is 2. The fourth-order valence-electron chi connectivity index (χ4n) is 8.97. The summed E-state index contributed by atoms with van der Waals surface area (Å²) in [7, 11) is 0. The Bertz CT molecular complexity index is 1210. The van der Waals surface area contributed by atoms with Crippen molar-refractivity contribution in [1.29, 1.82) is 0 Å². The number of epoxide rings is 1. The summed E-state index contributed by atoms with van der Waals surface area (Å²) in [6, 6.07) is -1.52. The second-order valence-corrected chi connectivity index (χ2v) is 14.9. The first-order chi connectivity index (χ1) is 21.2. The Balaban J connectivity index is 1.58. The third kappa shape index (κ3) is 6.31. The lowest BCUT2D eigenvalue weighted by atomic mass is 9.56. The number of fused-ring (bicyclic) bond motifs is 10. The molecule has 1 saturated carbocycles. The predicted octanol–water partition coefficient (Wildman–Crippen LogP) is 3.39. The second kappa shape index (κ2) is 13.2. The van der Waals surface area contributed by atoms with Crippen molar-refractivity contribution in [2.75, 3.05) is 6.54 Å². The van der Waals surface area contributed by atoms with Crippen LogP contribution in [0.25, 0.3) is 0 Å². The molecule has 0 aromatic heterocycles. The molecule has 0 radical (unpaired) electrons. The summed E-state index contributed by atoms with van der Waals surface area (Å²) >= 11 is 0. The molecule has 0 aromatic carbocycles. The molecular weight excluding hydrogens is 578 g/mol. The smallest absolute Gasteiger partial charge is 0.364 e. The molecule has 252 valence electrons. The van der Waals surface area contributed by atoms with Crippen LogP contribution in [-0.4, -0.2) is 91.1 Å². The number of Topliss-reactive ketones (excluding diaryl/α,β-unsaturated/α-hetero) is 1. The Labute approximate surface area is 266 Å². The number of aliphatic hydroxyl groups is 5. The van der Waals surface area contributed by atoms with Crippen LogP contribution in [0.2, 0.25) is 0 Å². The van der Waals surface area contributed by atoms with Crippen LogP contribution in [-0.2, 0) is 19.2 Å². The van der Waals surface area contributed by atoms with Gasteiger partial charge in [-0.25, -0.2) is 4.79 Å². The Hall–Kier alpha value is -2.08. The van der Waals surface area contributed by atoms with Crippen LogP contribution in [0, 0.1) is 41.4 Å². The summed E-state index contributed by atoms with van der Waals surface area (Å²) in [6.07, 6.45) is 4.64. The van der Waals surface area contributed by atoms with Gasteiger partial charge in [0.1, 0.15) is 35.7 Å². The molecule has 5 N–H and O–H groups in total. The van der Waals surface area contributed by atoms with E-state index in [1.807, 2.05) is 0 Å². The lowest BCUT2D eigenvalue weighted by molar-refractivity contribution is -0.238. The fraction of sp³-hybridized carbons (Fsp3) is 0.771. The van der Waals surface area contributed by atoms with Crippen LogP contribution in [0.15, 0.2) is 35.1 Å². The Morgan fingerprint density at radius 3 is 2.40 bits per heavy atom. The largest absolute Gasteiger partial charge is 0.511 e. The quantitative estimate of drug-likeness (QED) is 0.178. The van der Waals surface area contributed by atoms with E-state index in [1.165, 1.54) is 0 Å².